The molecule has 5 amide bonds. The van der Waals surface area contributed by atoms with Crippen molar-refractivity contribution in [2.75, 3.05) is 0 Å². The molecule has 16 heteroatoms. The molecule has 0 saturated carbocycles. The summed E-state index contributed by atoms with van der Waals surface area (Å²) < 4.78 is 0. The number of phenolic OH excluding ortho intramolecular Hbond substituents is 1. The number of carboxylic acid groups (broad SMARTS) is 2. The van der Waals surface area contributed by atoms with E-state index in [0.29, 0.717) is 5.56 Å². The molecule has 38 heavy (non-hydrogen) atoms. The number of rotatable bonds is 16. The zero-order chi connectivity index (χ0) is 29.0. The van der Waals surface area contributed by atoms with Gasteiger partial charge in [-0.3, -0.25) is 28.8 Å². The average molecular weight is 539 g/mol. The third kappa shape index (κ3) is 11.3. The monoisotopic (exact) mass is 538 g/mol. The van der Waals surface area contributed by atoms with E-state index in [1.54, 1.807) is 0 Å². The van der Waals surface area contributed by atoms with Gasteiger partial charge in [-0.05, 0) is 24.1 Å². The van der Waals surface area contributed by atoms with E-state index in [2.05, 4.69) is 16.0 Å². The molecule has 1 rings (SSSR count). The molecule has 0 fully saturated rings. The molecule has 0 aliphatic rings. The molecule has 0 saturated heterocycles. The Balaban J connectivity index is 3.05. The molecule has 0 aliphatic carbocycles. The molecule has 208 valence electrons. The lowest BCUT2D eigenvalue weighted by atomic mass is 10.0. The first kappa shape index (κ1) is 31.3. The maximum atomic E-state index is 12.9. The van der Waals surface area contributed by atoms with E-state index in [9.17, 15) is 43.8 Å². The lowest BCUT2D eigenvalue weighted by molar-refractivity contribution is -0.142. The van der Waals surface area contributed by atoms with Crippen LogP contribution in [0.5, 0.6) is 5.75 Å². The second kappa shape index (κ2) is 14.7. The van der Waals surface area contributed by atoms with Crippen molar-refractivity contribution >= 4 is 41.5 Å². The highest BCUT2D eigenvalue weighted by molar-refractivity contribution is 5.96. The molecule has 4 atom stereocenters. The molecule has 0 spiro atoms. The van der Waals surface area contributed by atoms with E-state index in [1.807, 2.05) is 0 Å². The summed E-state index contributed by atoms with van der Waals surface area (Å²) in [6.45, 7) is 0. The van der Waals surface area contributed by atoms with Crippen molar-refractivity contribution in [2.45, 2.75) is 56.3 Å². The van der Waals surface area contributed by atoms with Gasteiger partial charge >= 0.3 is 11.9 Å². The highest BCUT2D eigenvalue weighted by Gasteiger charge is 2.31. The van der Waals surface area contributed by atoms with E-state index < -0.39 is 91.3 Å². The molecule has 1 aromatic rings. The fourth-order valence-corrected chi connectivity index (χ4v) is 3.15. The summed E-state index contributed by atoms with van der Waals surface area (Å²) >= 11 is 0. The zero-order valence-electron chi connectivity index (χ0n) is 20.1. The summed E-state index contributed by atoms with van der Waals surface area (Å²) in [6, 6.07) is -0.724. The average Bonchev–Trinajstić information content (AvgIpc) is 2.80. The molecule has 4 unspecified atom stereocenters. The van der Waals surface area contributed by atoms with Crippen LogP contribution in [0, 0.1) is 0 Å². The zero-order valence-corrected chi connectivity index (χ0v) is 20.1. The molecule has 0 aliphatic heterocycles. The van der Waals surface area contributed by atoms with E-state index in [-0.39, 0.29) is 12.2 Å². The van der Waals surface area contributed by atoms with Crippen molar-refractivity contribution in [3.8, 4) is 5.75 Å². The second-order valence-electron chi connectivity index (χ2n) is 8.27. The van der Waals surface area contributed by atoms with Crippen LogP contribution in [0.25, 0.3) is 0 Å². The predicted molar refractivity (Wildman–Crippen MR) is 128 cm³/mol. The predicted octanol–water partition coefficient (Wildman–Crippen LogP) is -3.58. The lowest BCUT2D eigenvalue weighted by Gasteiger charge is -2.24. The largest absolute Gasteiger partial charge is 0.508 e. The molecule has 0 bridgehead atoms. The Bertz CT molecular complexity index is 1060. The Morgan fingerprint density at radius 2 is 1.24 bits per heavy atom. The SMILES string of the molecule is NC(=O)CC(N)C(=O)NC(CCC(=O)O)C(=O)NC(CC(N)=O)C(=O)NC(Cc1ccc(O)cc1)C(=O)O. The van der Waals surface area contributed by atoms with Crippen molar-refractivity contribution in [3.05, 3.63) is 29.8 Å². The van der Waals surface area contributed by atoms with Crippen molar-refractivity contribution in [3.63, 3.8) is 0 Å². The fraction of sp³-hybridized carbons (Fsp3) is 0.409. The van der Waals surface area contributed by atoms with Gasteiger partial charge in [-0.25, -0.2) is 4.79 Å². The van der Waals surface area contributed by atoms with Crippen LogP contribution >= 0.6 is 0 Å². The second-order valence-corrected chi connectivity index (χ2v) is 8.27. The number of hydrogen-bond acceptors (Lipinski definition) is 9. The third-order valence-electron chi connectivity index (χ3n) is 5.07. The maximum absolute atomic E-state index is 12.9. The summed E-state index contributed by atoms with van der Waals surface area (Å²) in [5.41, 5.74) is 16.1. The number of amides is 5. The highest BCUT2D eigenvalue weighted by Crippen LogP contribution is 2.12. The van der Waals surface area contributed by atoms with Crippen LogP contribution in [0.1, 0.15) is 31.2 Å². The number of benzene rings is 1. The minimum atomic E-state index is -1.69. The lowest BCUT2D eigenvalue weighted by Crippen LogP contribution is -2.58. The Morgan fingerprint density at radius 3 is 1.74 bits per heavy atom. The number of aromatic hydroxyl groups is 1. The van der Waals surface area contributed by atoms with E-state index in [0.717, 1.165) is 0 Å². The number of carboxylic acids is 2. The topological polar surface area (TPSA) is 294 Å². The normalized spacial score (nSPS) is 13.7. The number of phenols is 1. The summed E-state index contributed by atoms with van der Waals surface area (Å²) in [5.74, 6) is -7.97. The van der Waals surface area contributed by atoms with Crippen molar-refractivity contribution in [1.29, 1.82) is 0 Å². The Morgan fingerprint density at radius 1 is 0.737 bits per heavy atom. The molecular weight excluding hydrogens is 508 g/mol. The van der Waals surface area contributed by atoms with Crippen LogP contribution in [-0.2, 0) is 40.0 Å². The van der Waals surface area contributed by atoms with Crippen molar-refractivity contribution in [2.24, 2.45) is 17.2 Å². The van der Waals surface area contributed by atoms with E-state index in [1.165, 1.54) is 24.3 Å². The Kier molecular flexibility index (Phi) is 12.1. The summed E-state index contributed by atoms with van der Waals surface area (Å²) in [4.78, 5) is 83.2. The van der Waals surface area contributed by atoms with Gasteiger partial charge in [0.1, 0.15) is 23.9 Å². The first-order chi connectivity index (χ1) is 17.7. The van der Waals surface area contributed by atoms with Gasteiger partial charge in [-0.2, -0.15) is 0 Å². The number of carbonyl (C=O) groups excluding carboxylic acids is 5. The molecule has 0 heterocycles. The van der Waals surface area contributed by atoms with E-state index >= 15 is 0 Å². The third-order valence-corrected chi connectivity index (χ3v) is 5.07. The summed E-state index contributed by atoms with van der Waals surface area (Å²) in [7, 11) is 0. The maximum Gasteiger partial charge on any atom is 0.326 e. The molecular formula is C22H30N6O10. The highest BCUT2D eigenvalue weighted by atomic mass is 16.4. The first-order valence-electron chi connectivity index (χ1n) is 11.1. The van der Waals surface area contributed by atoms with Crippen LogP contribution < -0.4 is 33.2 Å². The Hall–Kier alpha value is -4.73. The molecule has 12 N–H and O–H groups in total. The Labute approximate surface area is 215 Å². The van der Waals surface area contributed by atoms with Crippen LogP contribution in [0.4, 0.5) is 0 Å². The number of aliphatic carboxylic acids is 2. The van der Waals surface area contributed by atoms with Crippen LogP contribution in [0.15, 0.2) is 24.3 Å². The van der Waals surface area contributed by atoms with Crippen molar-refractivity contribution in [1.82, 2.24) is 16.0 Å². The van der Waals surface area contributed by atoms with Gasteiger partial charge in [0.2, 0.25) is 29.5 Å². The van der Waals surface area contributed by atoms with Crippen molar-refractivity contribution < 1.29 is 48.9 Å². The number of carbonyl (C=O) groups is 7. The van der Waals surface area contributed by atoms with Crippen LogP contribution in [-0.4, -0.2) is 81.0 Å². The molecule has 0 aromatic heterocycles. The quantitative estimate of drug-likeness (QED) is 0.0990. The van der Waals surface area contributed by atoms with Gasteiger partial charge in [0.25, 0.3) is 0 Å². The van der Waals surface area contributed by atoms with Gasteiger partial charge in [-0.1, -0.05) is 12.1 Å². The van der Waals surface area contributed by atoms with Gasteiger partial charge in [0.05, 0.1) is 18.9 Å². The minimum Gasteiger partial charge on any atom is -0.508 e. The molecule has 16 nitrogen and oxygen atoms in total. The smallest absolute Gasteiger partial charge is 0.326 e. The standard InChI is InChI=1S/C22H30N6O10/c23-12(8-16(24)30)19(34)26-13(5-6-18(32)33)20(35)27-14(9-17(25)31)21(36)28-15(22(37)38)7-10-1-3-11(29)4-2-10/h1-4,12-15,29H,5-9,23H2,(H2,24,30)(H2,25,31)(H,26,34)(H,27,35)(H,28,36)(H,32,33)(H,37,38). The molecule has 1 aromatic carbocycles. The molecule has 0 radical (unpaired) electrons. The van der Waals surface area contributed by atoms with Crippen LogP contribution in [0.3, 0.4) is 0 Å². The first-order valence-corrected chi connectivity index (χ1v) is 11.1. The van der Waals surface area contributed by atoms with Gasteiger partial charge in [-0.15, -0.1) is 0 Å². The van der Waals surface area contributed by atoms with Gasteiger partial charge < -0.3 is 48.5 Å². The number of nitrogens with one attached hydrogen (secondary N) is 3. The number of nitrogens with two attached hydrogens (primary N) is 3. The van der Waals surface area contributed by atoms with Gasteiger partial charge in [0.15, 0.2) is 0 Å². The summed E-state index contributed by atoms with van der Waals surface area (Å²) in [6.07, 6.45) is -2.59. The van der Waals surface area contributed by atoms with E-state index in [4.69, 9.17) is 22.3 Å². The van der Waals surface area contributed by atoms with Gasteiger partial charge in [0, 0.05) is 12.8 Å². The summed E-state index contributed by atoms with van der Waals surface area (Å²) in [5, 5.41) is 34.3. The van der Waals surface area contributed by atoms with Crippen LogP contribution in [0.2, 0.25) is 0 Å². The number of primary amides is 2. The fourth-order valence-electron chi connectivity index (χ4n) is 3.15. The minimum absolute atomic E-state index is 0.0611. The number of hydrogen-bond donors (Lipinski definition) is 9.